The molecule has 1 aromatic rings. The molecule has 2 fully saturated rings. The van der Waals surface area contributed by atoms with E-state index < -0.39 is 0 Å². The third kappa shape index (κ3) is 2.45. The highest BCUT2D eigenvalue weighted by atomic mass is 15.4. The van der Waals surface area contributed by atoms with Crippen molar-refractivity contribution in [2.75, 3.05) is 30.0 Å². The fourth-order valence-electron chi connectivity index (χ4n) is 3.44. The minimum Gasteiger partial charge on any atom is -0.351 e. The zero-order valence-corrected chi connectivity index (χ0v) is 12.3. The van der Waals surface area contributed by atoms with Crippen molar-refractivity contribution in [2.45, 2.75) is 45.2 Å². The van der Waals surface area contributed by atoms with Crippen LogP contribution in [0.3, 0.4) is 0 Å². The van der Waals surface area contributed by atoms with Crippen LogP contribution in [-0.2, 0) is 0 Å². The number of nitrogen functional groups attached to an aromatic ring is 1. The summed E-state index contributed by atoms with van der Waals surface area (Å²) in [5, 5.41) is 0. The molecule has 0 bridgehead atoms. The molecule has 2 unspecified atom stereocenters. The van der Waals surface area contributed by atoms with Gasteiger partial charge in [0.1, 0.15) is 5.82 Å². The number of nitrogens with zero attached hydrogens (tertiary/aromatic N) is 4. The highest BCUT2D eigenvalue weighted by Crippen LogP contribution is 2.28. The van der Waals surface area contributed by atoms with Crippen LogP contribution in [-0.4, -0.2) is 46.6 Å². The lowest BCUT2D eigenvalue weighted by molar-refractivity contribution is 0.115. The highest BCUT2D eigenvalue weighted by molar-refractivity contribution is 5.50. The first-order chi connectivity index (χ1) is 9.69. The van der Waals surface area contributed by atoms with Crippen LogP contribution < -0.4 is 16.2 Å². The zero-order valence-electron chi connectivity index (χ0n) is 12.3. The number of anilines is 2. The monoisotopic (exact) mass is 276 g/mol. The van der Waals surface area contributed by atoms with Gasteiger partial charge in [-0.3, -0.25) is 10.3 Å². The van der Waals surface area contributed by atoms with E-state index in [-0.39, 0.29) is 0 Å². The van der Waals surface area contributed by atoms with Gasteiger partial charge in [0.05, 0.1) is 0 Å². The van der Waals surface area contributed by atoms with Gasteiger partial charge >= 0.3 is 0 Å². The molecule has 20 heavy (non-hydrogen) atoms. The second-order valence-electron chi connectivity index (χ2n) is 5.99. The van der Waals surface area contributed by atoms with Gasteiger partial charge in [-0.15, -0.1) is 0 Å². The smallest absolute Gasteiger partial charge is 0.239 e. The second-order valence-corrected chi connectivity index (χ2v) is 5.99. The number of hydrazine groups is 1. The maximum Gasteiger partial charge on any atom is 0.239 e. The molecule has 2 atom stereocenters. The van der Waals surface area contributed by atoms with Crippen molar-refractivity contribution in [1.82, 2.24) is 14.9 Å². The van der Waals surface area contributed by atoms with Crippen molar-refractivity contribution >= 4 is 11.8 Å². The molecule has 6 nitrogen and oxygen atoms in total. The number of rotatable bonds is 2. The lowest BCUT2D eigenvalue weighted by atomic mass is 9.97. The number of piperidine rings is 1. The number of hydrogen-bond donors (Lipinski definition) is 2. The van der Waals surface area contributed by atoms with Crippen LogP contribution in [0.2, 0.25) is 0 Å². The molecule has 3 N–H and O–H groups in total. The van der Waals surface area contributed by atoms with Gasteiger partial charge in [0, 0.05) is 36.9 Å². The molecular weight excluding hydrogens is 252 g/mol. The predicted molar refractivity (Wildman–Crippen MR) is 80.6 cm³/mol. The molecule has 110 valence electrons. The number of fused-ring (bicyclic) bond motifs is 1. The first kappa shape index (κ1) is 13.6. The number of nitrogens with one attached hydrogen (secondary N) is 1. The maximum atomic E-state index is 5.44. The molecule has 0 radical (unpaired) electrons. The van der Waals surface area contributed by atoms with Crippen molar-refractivity contribution in [3.05, 3.63) is 11.8 Å². The van der Waals surface area contributed by atoms with Gasteiger partial charge in [-0.05, 0) is 33.2 Å². The Morgan fingerprint density at radius 3 is 3.00 bits per heavy atom. The van der Waals surface area contributed by atoms with E-state index in [1.807, 2.05) is 6.20 Å². The van der Waals surface area contributed by atoms with Gasteiger partial charge in [-0.1, -0.05) is 6.42 Å². The first-order valence-corrected chi connectivity index (χ1v) is 7.50. The van der Waals surface area contributed by atoms with E-state index in [9.17, 15) is 0 Å². The van der Waals surface area contributed by atoms with Crippen LogP contribution in [0.5, 0.6) is 0 Å². The fourth-order valence-corrected chi connectivity index (χ4v) is 3.44. The summed E-state index contributed by atoms with van der Waals surface area (Å²) in [5.74, 6) is 6.95. The van der Waals surface area contributed by atoms with Crippen LogP contribution in [0, 0.1) is 6.92 Å². The van der Waals surface area contributed by atoms with Crippen molar-refractivity contribution in [3.63, 3.8) is 0 Å². The summed E-state index contributed by atoms with van der Waals surface area (Å²) in [6.45, 7) is 7.78. The number of aromatic nitrogens is 2. The largest absolute Gasteiger partial charge is 0.351 e. The van der Waals surface area contributed by atoms with Crippen LogP contribution in [0.4, 0.5) is 11.8 Å². The summed E-state index contributed by atoms with van der Waals surface area (Å²) in [6, 6.07) is 1.15. The quantitative estimate of drug-likeness (QED) is 0.623. The lowest BCUT2D eigenvalue weighted by Crippen LogP contribution is -2.59. The molecule has 3 heterocycles. The standard InChI is InChI=1S/C14H24N6/c1-10-7-16-14(18-15)17-13(10)20-9-12-5-3-4-6-19(12)8-11(20)2/h7,11-12H,3-6,8-9,15H2,1-2H3,(H,16,17,18). The minimum atomic E-state index is 0.476. The SMILES string of the molecule is Cc1cnc(NN)nc1N1CC2CCCCN2CC1C. The summed E-state index contributed by atoms with van der Waals surface area (Å²) in [6.07, 6.45) is 5.84. The van der Waals surface area contributed by atoms with E-state index in [4.69, 9.17) is 5.84 Å². The number of hydrogen-bond acceptors (Lipinski definition) is 6. The molecule has 2 aliphatic rings. The Bertz CT molecular complexity index is 477. The Hall–Kier alpha value is -1.40. The summed E-state index contributed by atoms with van der Waals surface area (Å²) in [4.78, 5) is 13.8. The van der Waals surface area contributed by atoms with E-state index in [1.54, 1.807) is 0 Å². The van der Waals surface area contributed by atoms with Crippen molar-refractivity contribution in [2.24, 2.45) is 5.84 Å². The summed E-state index contributed by atoms with van der Waals surface area (Å²) in [7, 11) is 0. The molecule has 0 aliphatic carbocycles. The van der Waals surface area contributed by atoms with Gasteiger partial charge in [0.2, 0.25) is 5.95 Å². The normalized spacial score (nSPS) is 27.2. The van der Waals surface area contributed by atoms with Crippen LogP contribution >= 0.6 is 0 Å². The zero-order chi connectivity index (χ0) is 14.1. The molecule has 6 heteroatoms. The Balaban J connectivity index is 1.85. The summed E-state index contributed by atoms with van der Waals surface area (Å²) in [5.41, 5.74) is 3.66. The van der Waals surface area contributed by atoms with Crippen LogP contribution in [0.15, 0.2) is 6.20 Å². The Morgan fingerprint density at radius 2 is 2.20 bits per heavy atom. The Morgan fingerprint density at radius 1 is 1.35 bits per heavy atom. The molecule has 0 saturated carbocycles. The van der Waals surface area contributed by atoms with Gasteiger partial charge in [-0.2, -0.15) is 4.98 Å². The number of aryl methyl sites for hydroxylation is 1. The molecule has 0 aromatic carbocycles. The maximum absolute atomic E-state index is 5.44. The molecule has 2 saturated heterocycles. The predicted octanol–water partition coefficient (Wildman–Crippen LogP) is 1.13. The molecule has 0 spiro atoms. The highest BCUT2D eigenvalue weighted by Gasteiger charge is 2.34. The molecular formula is C14H24N6. The first-order valence-electron chi connectivity index (χ1n) is 7.50. The third-order valence-corrected chi connectivity index (χ3v) is 4.53. The van der Waals surface area contributed by atoms with E-state index in [2.05, 4.69) is 39.0 Å². The third-order valence-electron chi connectivity index (χ3n) is 4.53. The second kappa shape index (κ2) is 5.54. The topological polar surface area (TPSA) is 70.3 Å². The van der Waals surface area contributed by atoms with Gasteiger partial charge in [0.15, 0.2) is 0 Å². The molecule has 1 aromatic heterocycles. The minimum absolute atomic E-state index is 0.476. The fraction of sp³-hybridized carbons (Fsp3) is 0.714. The average molecular weight is 276 g/mol. The molecule has 2 aliphatic heterocycles. The van der Waals surface area contributed by atoms with E-state index in [1.165, 1.54) is 25.8 Å². The van der Waals surface area contributed by atoms with Crippen molar-refractivity contribution in [1.29, 1.82) is 0 Å². The van der Waals surface area contributed by atoms with Gasteiger partial charge < -0.3 is 4.90 Å². The average Bonchev–Trinajstić information content (AvgIpc) is 2.47. The van der Waals surface area contributed by atoms with Crippen LogP contribution in [0.1, 0.15) is 31.7 Å². The van der Waals surface area contributed by atoms with Crippen molar-refractivity contribution in [3.8, 4) is 0 Å². The van der Waals surface area contributed by atoms with Crippen LogP contribution in [0.25, 0.3) is 0 Å². The van der Waals surface area contributed by atoms with E-state index >= 15 is 0 Å². The summed E-state index contributed by atoms with van der Waals surface area (Å²) < 4.78 is 0. The molecule has 0 amide bonds. The van der Waals surface area contributed by atoms with E-state index in [0.717, 1.165) is 24.5 Å². The van der Waals surface area contributed by atoms with E-state index in [0.29, 0.717) is 18.0 Å². The summed E-state index contributed by atoms with van der Waals surface area (Å²) >= 11 is 0. The van der Waals surface area contributed by atoms with Gasteiger partial charge in [0.25, 0.3) is 0 Å². The number of piperazine rings is 1. The Labute approximate surface area is 120 Å². The lowest BCUT2D eigenvalue weighted by Gasteiger charge is -2.48. The Kier molecular flexibility index (Phi) is 3.76. The molecule has 3 rings (SSSR count). The van der Waals surface area contributed by atoms with Crippen molar-refractivity contribution < 1.29 is 0 Å². The van der Waals surface area contributed by atoms with Gasteiger partial charge in [-0.25, -0.2) is 10.8 Å². The number of nitrogens with two attached hydrogens (primary N) is 1.